The maximum Gasteiger partial charge on any atom is 0.269 e. The number of aromatic amines is 1. The van der Waals surface area contributed by atoms with Crippen LogP contribution in [0.5, 0.6) is 0 Å². The predicted molar refractivity (Wildman–Crippen MR) is 214 cm³/mol. The fourth-order valence-corrected chi connectivity index (χ4v) is 7.11. The van der Waals surface area contributed by atoms with Gasteiger partial charge in [0.2, 0.25) is 11.8 Å². The van der Waals surface area contributed by atoms with Gasteiger partial charge in [-0.2, -0.15) is 0 Å². The lowest BCUT2D eigenvalue weighted by Crippen LogP contribution is -2.51. The first kappa shape index (κ1) is 37.3. The molecule has 6 aromatic rings. The number of likely N-dealkylation sites (N-methyl/N-ethyl adjacent to an activating group) is 1. The van der Waals surface area contributed by atoms with Gasteiger partial charge in [-0.15, -0.1) is 0 Å². The van der Waals surface area contributed by atoms with Gasteiger partial charge in [-0.05, 0) is 84.4 Å². The number of piperidine rings is 1. The average Bonchev–Trinajstić information content (AvgIpc) is 3.65. The molecule has 3 aromatic carbocycles. The third kappa shape index (κ3) is 7.66. The minimum atomic E-state index is -0.488. The van der Waals surface area contributed by atoms with Gasteiger partial charge in [0.15, 0.2) is 0 Å². The van der Waals surface area contributed by atoms with Crippen LogP contribution in [0.4, 0.5) is 0 Å². The van der Waals surface area contributed by atoms with E-state index in [0.717, 1.165) is 50.2 Å². The number of hydrogen-bond donors (Lipinski definition) is 4. The summed E-state index contributed by atoms with van der Waals surface area (Å²) >= 11 is 0. The molecule has 280 valence electrons. The van der Waals surface area contributed by atoms with Gasteiger partial charge in [0.1, 0.15) is 12.0 Å². The van der Waals surface area contributed by atoms with Crippen LogP contribution in [0.2, 0.25) is 0 Å². The smallest absolute Gasteiger partial charge is 0.269 e. The van der Waals surface area contributed by atoms with Gasteiger partial charge in [0.05, 0.1) is 17.3 Å². The quantitative estimate of drug-likeness (QED) is 0.0632. The fraction of sp³-hybridized carbons (Fsp3) is 0.205. The number of pyridine rings is 2. The van der Waals surface area contributed by atoms with Crippen LogP contribution in [0.3, 0.4) is 0 Å². The second-order valence-electron chi connectivity index (χ2n) is 13.7. The highest BCUT2D eigenvalue weighted by atomic mass is 16.2. The van der Waals surface area contributed by atoms with E-state index in [-0.39, 0.29) is 42.3 Å². The summed E-state index contributed by atoms with van der Waals surface area (Å²) in [6, 6.07) is 20.5. The van der Waals surface area contributed by atoms with Gasteiger partial charge >= 0.3 is 0 Å². The number of nitrogens with one attached hydrogen (secondary N) is 4. The number of fused-ring (bicyclic) bond motifs is 2. The molecule has 4 amide bonds. The van der Waals surface area contributed by atoms with Gasteiger partial charge in [-0.1, -0.05) is 42.2 Å². The topological polar surface area (TPSA) is 166 Å². The van der Waals surface area contributed by atoms with Gasteiger partial charge in [0, 0.05) is 84.5 Å². The van der Waals surface area contributed by atoms with Crippen molar-refractivity contribution in [2.45, 2.75) is 38.8 Å². The van der Waals surface area contributed by atoms with Crippen molar-refractivity contribution in [3.8, 4) is 34.2 Å². The van der Waals surface area contributed by atoms with Crippen molar-refractivity contribution in [1.29, 1.82) is 0 Å². The minimum absolute atomic E-state index is 0.150. The van der Waals surface area contributed by atoms with Gasteiger partial charge in [-0.25, -0.2) is 0 Å². The lowest BCUT2D eigenvalue weighted by molar-refractivity contribution is -0.137. The molecule has 0 spiro atoms. The van der Waals surface area contributed by atoms with E-state index >= 15 is 0 Å². The summed E-state index contributed by atoms with van der Waals surface area (Å²) in [6.45, 7) is 2.60. The molecule has 0 bridgehead atoms. The molecule has 7 rings (SSSR count). The summed E-state index contributed by atoms with van der Waals surface area (Å²) in [6.07, 6.45) is 6.99. The summed E-state index contributed by atoms with van der Waals surface area (Å²) in [4.78, 5) is 75.5. The Bertz CT molecular complexity index is 2600. The highest BCUT2D eigenvalue weighted by Gasteiger charge is 2.30. The Labute approximate surface area is 323 Å². The summed E-state index contributed by atoms with van der Waals surface area (Å²) in [5.41, 5.74) is 8.08. The number of carbonyl (C=O) groups is 5. The number of aromatic nitrogens is 3. The number of nitrogens with zero attached hydrogens (tertiary/aromatic N) is 3. The van der Waals surface area contributed by atoms with E-state index in [9.17, 15) is 24.0 Å². The number of amides is 4. The highest BCUT2D eigenvalue weighted by Crippen LogP contribution is 2.34. The summed E-state index contributed by atoms with van der Waals surface area (Å²) in [7, 11) is 3.40. The van der Waals surface area contributed by atoms with Crippen LogP contribution in [-0.2, 0) is 16.1 Å². The summed E-state index contributed by atoms with van der Waals surface area (Å²) < 4.78 is 0. The third-order valence-corrected chi connectivity index (χ3v) is 10.1. The minimum Gasteiger partial charge on any atom is -0.360 e. The summed E-state index contributed by atoms with van der Waals surface area (Å²) in [5.74, 6) is 5.07. The van der Waals surface area contributed by atoms with E-state index in [2.05, 4.69) is 43.8 Å². The molecule has 1 saturated heterocycles. The van der Waals surface area contributed by atoms with Crippen LogP contribution >= 0.6 is 0 Å². The predicted octanol–water partition coefficient (Wildman–Crippen LogP) is 5.33. The van der Waals surface area contributed by atoms with Gasteiger partial charge in [-0.3, -0.25) is 44.2 Å². The molecule has 1 aliphatic heterocycles. The highest BCUT2D eigenvalue weighted by molar-refractivity contribution is 6.09. The second-order valence-corrected chi connectivity index (χ2v) is 13.7. The monoisotopic (exact) mass is 745 g/mol. The van der Waals surface area contributed by atoms with Crippen LogP contribution in [0.1, 0.15) is 67.2 Å². The first-order valence-corrected chi connectivity index (χ1v) is 18.2. The van der Waals surface area contributed by atoms with Crippen LogP contribution in [0, 0.1) is 18.8 Å². The van der Waals surface area contributed by atoms with Crippen LogP contribution < -0.4 is 16.0 Å². The Balaban J connectivity index is 0.999. The molecule has 0 saturated carbocycles. The van der Waals surface area contributed by atoms with Crippen molar-refractivity contribution < 1.29 is 24.0 Å². The van der Waals surface area contributed by atoms with E-state index < -0.39 is 6.04 Å². The van der Waals surface area contributed by atoms with Crippen LogP contribution in [-0.4, -0.2) is 76.4 Å². The number of aryl methyl sites for hydroxylation is 1. The second kappa shape index (κ2) is 16.2. The molecule has 1 aliphatic rings. The Morgan fingerprint density at radius 2 is 1.82 bits per heavy atom. The number of carbonyl (C=O) groups excluding carboxylic acids is 5. The van der Waals surface area contributed by atoms with E-state index in [0.29, 0.717) is 47.3 Å². The van der Waals surface area contributed by atoms with Crippen LogP contribution in [0.25, 0.3) is 44.1 Å². The molecular formula is C44H39N7O5. The molecule has 1 fully saturated rings. The Kier molecular flexibility index (Phi) is 10.8. The SMILES string of the molecule is CNC(=O)c1c[nH]c2c(C)cc(-c3cccc4cc(-c5ccc(C(=O)NCCC#Cc6cccc(C=O)c6CN(C)C6CCC(=O)NC6=O)nc5)ncc34)cc12. The van der Waals surface area contributed by atoms with Crippen molar-refractivity contribution in [2.75, 3.05) is 20.6 Å². The molecule has 0 radical (unpaired) electrons. The zero-order chi connectivity index (χ0) is 39.3. The Morgan fingerprint density at radius 1 is 0.982 bits per heavy atom. The third-order valence-electron chi connectivity index (χ3n) is 10.1. The molecule has 12 nitrogen and oxygen atoms in total. The standard InChI is InChI=1S/C44H39N7O5/c1-26-18-31(19-33-35(42(54)45-2)23-49-41(26)33)32-12-7-10-28-20-38(48-22-34(28)32)29-13-14-37(47-21-29)43(55)46-17-5-4-8-27-9-6-11-30(25-52)36(27)24-51(3)39-15-16-40(53)50-44(39)56/h6-7,9-14,18-23,25,39,49H,5,15-17,24H2,1-3H3,(H,45,54)(H,46,55)(H,50,53,56). The van der Waals surface area contributed by atoms with Crippen LogP contribution in [0.15, 0.2) is 85.3 Å². The maximum atomic E-state index is 12.9. The lowest BCUT2D eigenvalue weighted by Gasteiger charge is -2.30. The molecule has 3 aromatic heterocycles. The zero-order valence-corrected chi connectivity index (χ0v) is 31.2. The number of hydrogen-bond acceptors (Lipinski definition) is 8. The van der Waals surface area contributed by atoms with Crippen molar-refractivity contribution in [1.82, 2.24) is 35.8 Å². The van der Waals surface area contributed by atoms with E-state index in [1.54, 1.807) is 44.7 Å². The average molecular weight is 746 g/mol. The normalized spacial score (nSPS) is 14.0. The van der Waals surface area contributed by atoms with Crippen molar-refractivity contribution in [3.05, 3.63) is 119 Å². The lowest BCUT2D eigenvalue weighted by atomic mass is 9.95. The largest absolute Gasteiger partial charge is 0.360 e. The van der Waals surface area contributed by atoms with Gasteiger partial charge < -0.3 is 15.6 Å². The van der Waals surface area contributed by atoms with E-state index in [4.69, 9.17) is 4.98 Å². The van der Waals surface area contributed by atoms with Crippen molar-refractivity contribution in [2.24, 2.45) is 0 Å². The molecule has 12 heteroatoms. The molecule has 1 unspecified atom stereocenters. The summed E-state index contributed by atoms with van der Waals surface area (Å²) in [5, 5.41) is 10.7. The molecule has 4 heterocycles. The molecular weight excluding hydrogens is 707 g/mol. The molecule has 1 atom stereocenters. The molecule has 4 N–H and O–H groups in total. The zero-order valence-electron chi connectivity index (χ0n) is 31.2. The molecule has 56 heavy (non-hydrogen) atoms. The molecule has 0 aliphatic carbocycles. The number of benzene rings is 3. The van der Waals surface area contributed by atoms with Crippen molar-refractivity contribution >= 4 is 51.6 Å². The first-order valence-electron chi connectivity index (χ1n) is 18.2. The maximum absolute atomic E-state index is 12.9. The number of aldehydes is 1. The Morgan fingerprint density at radius 3 is 2.59 bits per heavy atom. The Hall–Kier alpha value is -6.97. The number of rotatable bonds is 10. The number of H-pyrrole nitrogens is 1. The first-order chi connectivity index (χ1) is 27.1. The van der Waals surface area contributed by atoms with E-state index in [1.165, 1.54) is 0 Å². The van der Waals surface area contributed by atoms with Gasteiger partial charge in [0.25, 0.3) is 11.8 Å². The van der Waals surface area contributed by atoms with Crippen molar-refractivity contribution in [3.63, 3.8) is 0 Å². The number of imide groups is 1. The fourth-order valence-electron chi connectivity index (χ4n) is 7.11. The van der Waals surface area contributed by atoms with E-state index in [1.807, 2.05) is 60.5 Å².